The van der Waals surface area contributed by atoms with Crippen LogP contribution in [0, 0.1) is 10.8 Å². The molecule has 1 fully saturated rings. The van der Waals surface area contributed by atoms with Gasteiger partial charge >= 0.3 is 6.02 Å². The molecule has 1 unspecified atom stereocenters. The fourth-order valence-corrected chi connectivity index (χ4v) is 4.22. The van der Waals surface area contributed by atoms with Crippen molar-refractivity contribution in [3.8, 4) is 0 Å². The van der Waals surface area contributed by atoms with Crippen molar-refractivity contribution in [2.24, 2.45) is 4.99 Å². The zero-order valence-corrected chi connectivity index (χ0v) is 18.8. The lowest BCUT2D eigenvalue weighted by atomic mass is 9.92. The van der Waals surface area contributed by atoms with Gasteiger partial charge in [0, 0.05) is 11.1 Å². The van der Waals surface area contributed by atoms with Crippen LogP contribution in [-0.2, 0) is 20.0 Å². The minimum Gasteiger partial charge on any atom is -0.410 e. The third kappa shape index (κ3) is 4.95. The topological polar surface area (TPSA) is 87.8 Å². The molecule has 1 heterocycles. The van der Waals surface area contributed by atoms with Crippen LogP contribution in [0.5, 0.6) is 0 Å². The number of nitrogens with one attached hydrogen (secondary N) is 2. The van der Waals surface area contributed by atoms with Crippen LogP contribution in [0.15, 0.2) is 59.6 Å². The van der Waals surface area contributed by atoms with E-state index in [4.69, 9.17) is 25.0 Å². The SMILES string of the molecule is CSC(=NC(=N)OC(=N)C(C)c1cccc(C2(c3ccccc3)OCCO2)c1)SC. The molecule has 2 N–H and O–H groups in total. The first kappa shape index (κ1) is 22.6. The molecule has 0 aliphatic carbocycles. The Morgan fingerprint density at radius 2 is 1.63 bits per heavy atom. The number of ether oxygens (including phenoxy) is 3. The molecule has 0 spiro atoms. The third-order valence-corrected chi connectivity index (χ3v) is 6.64. The Balaban J connectivity index is 1.83. The van der Waals surface area contributed by atoms with E-state index in [1.54, 1.807) is 0 Å². The van der Waals surface area contributed by atoms with Gasteiger partial charge in [-0.2, -0.15) is 4.99 Å². The number of benzene rings is 2. The molecule has 2 aromatic rings. The van der Waals surface area contributed by atoms with Crippen molar-refractivity contribution in [3.05, 3.63) is 71.3 Å². The molecule has 1 saturated heterocycles. The second-order valence-corrected chi connectivity index (χ2v) is 8.43. The predicted octanol–water partition coefficient (Wildman–Crippen LogP) is 5.05. The maximum atomic E-state index is 8.31. The average molecular weight is 444 g/mol. The van der Waals surface area contributed by atoms with Gasteiger partial charge in [0.15, 0.2) is 5.90 Å². The molecule has 1 aliphatic heterocycles. The van der Waals surface area contributed by atoms with Crippen molar-refractivity contribution >= 4 is 39.8 Å². The minimum atomic E-state index is -0.956. The number of nitrogens with zero attached hydrogens (tertiary/aromatic N) is 1. The monoisotopic (exact) mass is 443 g/mol. The number of aliphatic imine (C=N–C) groups is 1. The molecule has 0 bridgehead atoms. The summed E-state index contributed by atoms with van der Waals surface area (Å²) in [6.07, 6.45) is 3.77. The Bertz CT molecular complexity index is 922. The largest absolute Gasteiger partial charge is 0.410 e. The molecular weight excluding hydrogens is 418 g/mol. The first-order valence-corrected chi connectivity index (χ1v) is 11.9. The van der Waals surface area contributed by atoms with Gasteiger partial charge in [0.25, 0.3) is 0 Å². The van der Waals surface area contributed by atoms with Gasteiger partial charge in [0.2, 0.25) is 5.79 Å². The van der Waals surface area contributed by atoms with E-state index in [2.05, 4.69) is 4.99 Å². The molecule has 6 nitrogen and oxygen atoms in total. The molecule has 30 heavy (non-hydrogen) atoms. The van der Waals surface area contributed by atoms with Crippen LogP contribution in [0.1, 0.15) is 29.5 Å². The van der Waals surface area contributed by atoms with Crippen LogP contribution in [0.25, 0.3) is 0 Å². The molecule has 0 aromatic heterocycles. The Morgan fingerprint density at radius 1 is 1.00 bits per heavy atom. The zero-order valence-electron chi connectivity index (χ0n) is 17.2. The van der Waals surface area contributed by atoms with Crippen molar-refractivity contribution < 1.29 is 14.2 Å². The van der Waals surface area contributed by atoms with Crippen LogP contribution in [0.4, 0.5) is 0 Å². The van der Waals surface area contributed by atoms with E-state index in [1.165, 1.54) is 23.5 Å². The summed E-state index contributed by atoms with van der Waals surface area (Å²) in [5.74, 6) is -1.35. The molecule has 8 heteroatoms. The van der Waals surface area contributed by atoms with E-state index in [0.29, 0.717) is 17.6 Å². The summed E-state index contributed by atoms with van der Waals surface area (Å²) in [6.45, 7) is 2.89. The Labute approximate surface area is 185 Å². The lowest BCUT2D eigenvalue weighted by molar-refractivity contribution is -0.129. The highest BCUT2D eigenvalue weighted by Crippen LogP contribution is 2.39. The molecule has 0 amide bonds. The fourth-order valence-electron chi connectivity index (χ4n) is 3.21. The van der Waals surface area contributed by atoms with Gasteiger partial charge in [0.1, 0.15) is 4.38 Å². The summed E-state index contributed by atoms with van der Waals surface area (Å²) < 4.78 is 18.2. The summed E-state index contributed by atoms with van der Waals surface area (Å²) >= 11 is 2.87. The summed E-state index contributed by atoms with van der Waals surface area (Å²) in [5, 5.41) is 16.2. The minimum absolute atomic E-state index is 0.0375. The Hall–Kier alpha value is -2.13. The highest BCUT2D eigenvalue weighted by molar-refractivity contribution is 8.38. The standard InChI is InChI=1S/C22H25N3O3S2/c1-15(19(23)28-20(24)25-21(29-2)30-3)16-8-7-11-18(14-16)22(26-12-13-27-22)17-9-5-4-6-10-17/h4-11,14-15,23-24H,12-13H2,1-3H3. The van der Waals surface area contributed by atoms with Crippen molar-refractivity contribution in [2.75, 3.05) is 25.7 Å². The quantitative estimate of drug-likeness (QED) is 0.510. The summed E-state index contributed by atoms with van der Waals surface area (Å²) in [5.41, 5.74) is 2.67. The highest BCUT2D eigenvalue weighted by atomic mass is 32.2. The predicted molar refractivity (Wildman–Crippen MR) is 125 cm³/mol. The van der Waals surface area contributed by atoms with Crippen molar-refractivity contribution in [2.45, 2.75) is 18.6 Å². The molecule has 0 radical (unpaired) electrons. The van der Waals surface area contributed by atoms with E-state index in [0.717, 1.165) is 16.7 Å². The van der Waals surface area contributed by atoms with E-state index >= 15 is 0 Å². The van der Waals surface area contributed by atoms with Gasteiger partial charge < -0.3 is 14.2 Å². The zero-order chi connectivity index (χ0) is 21.6. The summed E-state index contributed by atoms with van der Waals surface area (Å²) in [4.78, 5) is 4.08. The molecule has 1 atom stereocenters. The molecule has 0 saturated carbocycles. The van der Waals surface area contributed by atoms with E-state index < -0.39 is 5.79 Å². The number of rotatable bonds is 4. The van der Waals surface area contributed by atoms with Crippen molar-refractivity contribution in [1.29, 1.82) is 10.8 Å². The van der Waals surface area contributed by atoms with Gasteiger partial charge in [-0.05, 0) is 31.1 Å². The Kier molecular flexibility index (Phi) is 7.71. The highest BCUT2D eigenvalue weighted by Gasteiger charge is 2.40. The second kappa shape index (κ2) is 10.3. The number of thioether (sulfide) groups is 2. The average Bonchev–Trinajstić information content (AvgIpc) is 3.29. The normalized spacial score (nSPS) is 16.0. The van der Waals surface area contributed by atoms with Crippen LogP contribution in [0.3, 0.4) is 0 Å². The lowest BCUT2D eigenvalue weighted by Gasteiger charge is -2.29. The van der Waals surface area contributed by atoms with E-state index in [-0.39, 0.29) is 17.8 Å². The first-order chi connectivity index (χ1) is 14.5. The molecular formula is C22H25N3O3S2. The maximum absolute atomic E-state index is 8.31. The van der Waals surface area contributed by atoms with Crippen LogP contribution in [-0.4, -0.2) is 42.0 Å². The van der Waals surface area contributed by atoms with E-state index in [9.17, 15) is 0 Å². The van der Waals surface area contributed by atoms with E-state index in [1.807, 2.05) is 74.0 Å². The van der Waals surface area contributed by atoms with Crippen LogP contribution in [0.2, 0.25) is 0 Å². The molecule has 1 aliphatic rings. The maximum Gasteiger partial charge on any atom is 0.317 e. The second-order valence-electron chi connectivity index (χ2n) is 6.58. The number of hydrogen-bond acceptors (Lipinski definition) is 7. The summed E-state index contributed by atoms with van der Waals surface area (Å²) in [7, 11) is 0. The van der Waals surface area contributed by atoms with Crippen molar-refractivity contribution in [1.82, 2.24) is 0 Å². The number of hydrogen-bond donors (Lipinski definition) is 2. The molecule has 3 rings (SSSR count). The van der Waals surface area contributed by atoms with Crippen LogP contribution >= 0.6 is 23.5 Å². The van der Waals surface area contributed by atoms with Gasteiger partial charge in [-0.15, -0.1) is 23.5 Å². The molecule has 2 aromatic carbocycles. The van der Waals surface area contributed by atoms with Gasteiger partial charge in [-0.25, -0.2) is 5.41 Å². The Morgan fingerprint density at radius 3 is 2.27 bits per heavy atom. The summed E-state index contributed by atoms with van der Waals surface area (Å²) in [6, 6.07) is 17.4. The fraction of sp³-hybridized carbons (Fsp3) is 0.318. The van der Waals surface area contributed by atoms with Crippen molar-refractivity contribution in [3.63, 3.8) is 0 Å². The van der Waals surface area contributed by atoms with Gasteiger partial charge in [-0.3, -0.25) is 5.41 Å². The van der Waals surface area contributed by atoms with Gasteiger partial charge in [-0.1, -0.05) is 48.5 Å². The van der Waals surface area contributed by atoms with Gasteiger partial charge in [0.05, 0.1) is 19.1 Å². The third-order valence-electron chi connectivity index (χ3n) is 4.76. The first-order valence-electron chi connectivity index (χ1n) is 9.45. The molecule has 158 valence electrons. The smallest absolute Gasteiger partial charge is 0.317 e. The lowest BCUT2D eigenvalue weighted by Crippen LogP contribution is -2.29. The van der Waals surface area contributed by atoms with Crippen LogP contribution < -0.4 is 0 Å². The number of amidine groups is 1.